The maximum Gasteiger partial charge on any atom is 0.266 e. The van der Waals surface area contributed by atoms with Crippen LogP contribution in [0.5, 0.6) is 0 Å². The molecule has 0 amide bonds. The van der Waals surface area contributed by atoms with Gasteiger partial charge in [-0.1, -0.05) is 47.6 Å². The minimum atomic E-state index is 0.467. The Balaban J connectivity index is 1.50. The third-order valence-electron chi connectivity index (χ3n) is 4.14. The zero-order valence-electron chi connectivity index (χ0n) is 15.4. The number of halogens is 1. The third kappa shape index (κ3) is 4.02. The summed E-state index contributed by atoms with van der Waals surface area (Å²) in [5.41, 5.74) is 7.00. The molecule has 0 aliphatic carbocycles. The molecule has 0 bridgehead atoms. The van der Waals surface area contributed by atoms with Crippen molar-refractivity contribution in [2.45, 2.75) is 5.16 Å². The van der Waals surface area contributed by atoms with Crippen LogP contribution < -0.4 is 10.3 Å². The van der Waals surface area contributed by atoms with Crippen LogP contribution in [0, 0.1) is 0 Å². The van der Waals surface area contributed by atoms with Gasteiger partial charge in [0.1, 0.15) is 0 Å². The molecule has 1 aromatic heterocycles. The smallest absolute Gasteiger partial charge is 0.266 e. The minimum Gasteiger partial charge on any atom is -0.378 e. The molecular formula is C19H18ClN7S. The summed E-state index contributed by atoms with van der Waals surface area (Å²) in [5, 5.41) is 18.7. The van der Waals surface area contributed by atoms with Gasteiger partial charge < -0.3 is 4.90 Å². The number of thioether (sulfide) groups is 1. The molecule has 142 valence electrons. The summed E-state index contributed by atoms with van der Waals surface area (Å²) < 4.78 is 1.67. The number of nitrogens with one attached hydrogen (secondary N) is 1. The Bertz CT molecular complexity index is 1020. The summed E-state index contributed by atoms with van der Waals surface area (Å²) in [7, 11) is 4.02. The van der Waals surface area contributed by atoms with Crippen molar-refractivity contribution < 1.29 is 0 Å². The van der Waals surface area contributed by atoms with Crippen molar-refractivity contribution in [3.63, 3.8) is 0 Å². The molecule has 9 heteroatoms. The highest BCUT2D eigenvalue weighted by molar-refractivity contribution is 7.99. The first kappa shape index (κ1) is 18.5. The number of hydrazone groups is 1. The maximum absolute atomic E-state index is 5.97. The van der Waals surface area contributed by atoms with Gasteiger partial charge in [-0.3, -0.25) is 0 Å². The zero-order chi connectivity index (χ0) is 19.5. The van der Waals surface area contributed by atoms with E-state index in [-0.39, 0.29) is 0 Å². The van der Waals surface area contributed by atoms with Crippen molar-refractivity contribution in [3.05, 3.63) is 64.7 Å². The van der Waals surface area contributed by atoms with E-state index in [9.17, 15) is 0 Å². The number of hydrogen-bond acceptors (Lipinski definition) is 7. The van der Waals surface area contributed by atoms with E-state index in [1.807, 2.05) is 62.6 Å². The van der Waals surface area contributed by atoms with Crippen LogP contribution in [0.15, 0.2) is 63.9 Å². The maximum atomic E-state index is 5.97. The number of benzene rings is 2. The van der Waals surface area contributed by atoms with Crippen molar-refractivity contribution >= 4 is 46.9 Å². The summed E-state index contributed by atoms with van der Waals surface area (Å²) >= 11 is 7.55. The molecule has 2 aromatic carbocycles. The van der Waals surface area contributed by atoms with E-state index in [4.69, 9.17) is 11.6 Å². The van der Waals surface area contributed by atoms with Gasteiger partial charge in [0.15, 0.2) is 0 Å². The number of anilines is 2. The van der Waals surface area contributed by atoms with Crippen LogP contribution in [-0.4, -0.2) is 46.6 Å². The van der Waals surface area contributed by atoms with Crippen molar-refractivity contribution in [3.8, 4) is 0 Å². The summed E-state index contributed by atoms with van der Waals surface area (Å²) in [5.74, 6) is 1.19. The quantitative estimate of drug-likeness (QED) is 0.510. The molecular weight excluding hydrogens is 394 g/mol. The van der Waals surface area contributed by atoms with Crippen LogP contribution in [0.4, 0.5) is 11.6 Å². The van der Waals surface area contributed by atoms with Crippen LogP contribution in [-0.2, 0) is 0 Å². The standard InChI is InChI=1S/C19H18ClN7S/c1-26(2)16-9-3-13(4-10-16)11-21-22-18-23-24-19-27(18)25-17(12-28-19)14-5-7-15(20)8-6-14/h3-11H,12H2,1-2H3,(H,22,23)/b21-11+. The van der Waals surface area contributed by atoms with Gasteiger partial charge in [-0.15, -0.1) is 10.2 Å². The number of hydrogen-bond donors (Lipinski definition) is 1. The van der Waals surface area contributed by atoms with E-state index in [1.54, 1.807) is 22.7 Å². The highest BCUT2D eigenvalue weighted by Gasteiger charge is 2.19. The SMILES string of the molecule is CN(C)c1ccc(/C=N/Nc2nnc3n2N=C(c2ccc(Cl)cc2)CS3)cc1. The van der Waals surface area contributed by atoms with Gasteiger partial charge in [0.25, 0.3) is 5.95 Å². The van der Waals surface area contributed by atoms with E-state index < -0.39 is 0 Å². The summed E-state index contributed by atoms with van der Waals surface area (Å²) in [4.78, 5) is 2.05. The number of nitrogens with zero attached hydrogens (tertiary/aromatic N) is 6. The molecule has 3 aromatic rings. The lowest BCUT2D eigenvalue weighted by Gasteiger charge is -2.13. The van der Waals surface area contributed by atoms with Gasteiger partial charge in [0.05, 0.1) is 11.9 Å². The lowest BCUT2D eigenvalue weighted by Crippen LogP contribution is -2.14. The van der Waals surface area contributed by atoms with E-state index in [1.165, 1.54) is 0 Å². The number of fused-ring (bicyclic) bond motifs is 1. The fourth-order valence-electron chi connectivity index (χ4n) is 2.60. The second-order valence-electron chi connectivity index (χ2n) is 6.32. The van der Waals surface area contributed by atoms with Gasteiger partial charge >= 0.3 is 0 Å². The predicted octanol–water partition coefficient (Wildman–Crippen LogP) is 3.80. The average molecular weight is 412 g/mol. The van der Waals surface area contributed by atoms with Crippen LogP contribution in [0.3, 0.4) is 0 Å². The molecule has 1 aliphatic heterocycles. The highest BCUT2D eigenvalue weighted by atomic mass is 35.5. The Kier molecular flexibility index (Phi) is 5.31. The van der Waals surface area contributed by atoms with E-state index in [2.05, 4.69) is 30.7 Å². The van der Waals surface area contributed by atoms with Crippen molar-refractivity contribution in [2.24, 2.45) is 10.2 Å². The zero-order valence-corrected chi connectivity index (χ0v) is 16.9. The van der Waals surface area contributed by atoms with Crippen molar-refractivity contribution in [2.75, 3.05) is 30.2 Å². The molecule has 0 radical (unpaired) electrons. The summed E-state index contributed by atoms with van der Waals surface area (Å²) in [6.07, 6.45) is 1.74. The second-order valence-corrected chi connectivity index (χ2v) is 7.70. The molecule has 0 saturated carbocycles. The number of rotatable bonds is 5. The van der Waals surface area contributed by atoms with E-state index in [0.29, 0.717) is 11.0 Å². The van der Waals surface area contributed by atoms with Crippen LogP contribution >= 0.6 is 23.4 Å². The van der Waals surface area contributed by atoms with Crippen LogP contribution in [0.25, 0.3) is 0 Å². The van der Waals surface area contributed by atoms with Gasteiger partial charge in [-0.2, -0.15) is 14.9 Å². The predicted molar refractivity (Wildman–Crippen MR) is 116 cm³/mol. The van der Waals surface area contributed by atoms with E-state index in [0.717, 1.165) is 33.4 Å². The lowest BCUT2D eigenvalue weighted by atomic mass is 10.1. The fraction of sp³-hybridized carbons (Fsp3) is 0.158. The van der Waals surface area contributed by atoms with Crippen LogP contribution in [0.2, 0.25) is 5.02 Å². The fourth-order valence-corrected chi connectivity index (χ4v) is 3.57. The topological polar surface area (TPSA) is 70.7 Å². The molecule has 4 rings (SSSR count). The normalized spacial score (nSPS) is 13.3. The monoisotopic (exact) mass is 411 g/mol. The lowest BCUT2D eigenvalue weighted by molar-refractivity contribution is 0.760. The first-order valence-electron chi connectivity index (χ1n) is 8.58. The highest BCUT2D eigenvalue weighted by Crippen LogP contribution is 2.26. The molecule has 7 nitrogen and oxygen atoms in total. The third-order valence-corrected chi connectivity index (χ3v) is 5.32. The Morgan fingerprint density at radius 1 is 1.11 bits per heavy atom. The first-order chi connectivity index (χ1) is 13.6. The molecule has 0 spiro atoms. The van der Waals surface area contributed by atoms with Gasteiger partial charge in [0, 0.05) is 30.6 Å². The molecule has 2 heterocycles. The van der Waals surface area contributed by atoms with Gasteiger partial charge in [0.2, 0.25) is 5.16 Å². The summed E-state index contributed by atoms with van der Waals surface area (Å²) in [6, 6.07) is 15.7. The molecule has 1 aliphatic rings. The molecule has 0 saturated heterocycles. The summed E-state index contributed by atoms with van der Waals surface area (Å²) in [6.45, 7) is 0. The molecule has 0 unspecified atom stereocenters. The Morgan fingerprint density at radius 2 is 1.86 bits per heavy atom. The minimum absolute atomic E-state index is 0.467. The van der Waals surface area contributed by atoms with Crippen molar-refractivity contribution in [1.29, 1.82) is 0 Å². The van der Waals surface area contributed by atoms with Crippen LogP contribution in [0.1, 0.15) is 11.1 Å². The molecule has 0 fully saturated rings. The van der Waals surface area contributed by atoms with Crippen molar-refractivity contribution in [1.82, 2.24) is 14.9 Å². The Morgan fingerprint density at radius 3 is 2.57 bits per heavy atom. The molecule has 0 atom stereocenters. The van der Waals surface area contributed by atoms with E-state index >= 15 is 0 Å². The van der Waals surface area contributed by atoms with Gasteiger partial charge in [-0.05, 0) is 35.4 Å². The largest absolute Gasteiger partial charge is 0.378 e. The first-order valence-corrected chi connectivity index (χ1v) is 9.95. The molecule has 28 heavy (non-hydrogen) atoms. The Labute approximate surface area is 172 Å². The Hall–Kier alpha value is -2.84. The average Bonchev–Trinajstić information content (AvgIpc) is 3.11. The second kappa shape index (κ2) is 8.04. The number of aromatic nitrogens is 3. The molecule has 1 N–H and O–H groups in total. The van der Waals surface area contributed by atoms with Gasteiger partial charge in [-0.25, -0.2) is 5.43 Å².